The molecule has 5 nitrogen and oxygen atoms in total. The van der Waals surface area contributed by atoms with Crippen molar-refractivity contribution < 1.29 is 17.6 Å². The van der Waals surface area contributed by atoms with Gasteiger partial charge in [0, 0.05) is 30.5 Å². The molecule has 0 spiro atoms. The number of nitrogens with zero attached hydrogens (tertiary/aromatic N) is 1. The molecular formula is C20H23FN2O3S2. The molecule has 0 atom stereocenters. The van der Waals surface area contributed by atoms with Crippen molar-refractivity contribution in [3.63, 3.8) is 0 Å². The maximum Gasteiger partial charge on any atom is 0.236 e. The van der Waals surface area contributed by atoms with Gasteiger partial charge in [-0.15, -0.1) is 0 Å². The van der Waals surface area contributed by atoms with Gasteiger partial charge < -0.3 is 5.32 Å². The number of carbonyl (C=O) groups excluding carboxylic acids is 1. The van der Waals surface area contributed by atoms with E-state index in [0.717, 1.165) is 15.3 Å². The van der Waals surface area contributed by atoms with Crippen LogP contribution in [0.3, 0.4) is 0 Å². The zero-order valence-electron chi connectivity index (χ0n) is 15.5. The summed E-state index contributed by atoms with van der Waals surface area (Å²) >= 11 is 1.49. The summed E-state index contributed by atoms with van der Waals surface area (Å²) in [5.41, 5.74) is 1.38. The van der Waals surface area contributed by atoms with Crippen molar-refractivity contribution in [1.29, 1.82) is 0 Å². The first-order valence-electron chi connectivity index (χ1n) is 8.66. The summed E-state index contributed by atoms with van der Waals surface area (Å²) in [5, 5.41) is 3.76. The molecule has 0 aromatic heterocycles. The van der Waals surface area contributed by atoms with E-state index in [9.17, 15) is 17.6 Å². The van der Waals surface area contributed by atoms with Gasteiger partial charge in [-0.05, 0) is 23.3 Å². The zero-order valence-corrected chi connectivity index (χ0v) is 17.2. The lowest BCUT2D eigenvalue weighted by Gasteiger charge is -2.14. The predicted molar refractivity (Wildman–Crippen MR) is 113 cm³/mol. The summed E-state index contributed by atoms with van der Waals surface area (Å²) < 4.78 is 38.9. The molecule has 0 bridgehead atoms. The molecule has 0 heterocycles. The van der Waals surface area contributed by atoms with E-state index in [-0.39, 0.29) is 18.3 Å². The topological polar surface area (TPSA) is 66.5 Å². The van der Waals surface area contributed by atoms with Crippen LogP contribution in [-0.2, 0) is 20.6 Å². The van der Waals surface area contributed by atoms with Crippen molar-refractivity contribution in [2.24, 2.45) is 0 Å². The minimum absolute atomic E-state index is 0.241. The van der Waals surface area contributed by atoms with Gasteiger partial charge in [0.15, 0.2) is 0 Å². The number of hydrogen-bond acceptors (Lipinski definition) is 4. The predicted octanol–water partition coefficient (Wildman–Crippen LogP) is 3.11. The Kier molecular flexibility index (Phi) is 8.69. The maximum atomic E-state index is 13.5. The highest BCUT2D eigenvalue weighted by atomic mass is 32.2. The first-order chi connectivity index (χ1) is 13.4. The summed E-state index contributed by atoms with van der Waals surface area (Å²) in [6.45, 7) is 0.116. The summed E-state index contributed by atoms with van der Waals surface area (Å²) in [4.78, 5) is 12.0. The average Bonchev–Trinajstić information content (AvgIpc) is 2.68. The third kappa shape index (κ3) is 7.46. The number of carbonyl (C=O) groups is 1. The highest BCUT2D eigenvalue weighted by Gasteiger charge is 2.17. The van der Waals surface area contributed by atoms with Crippen LogP contribution in [0.5, 0.6) is 0 Å². The Hall–Kier alpha value is -2.16. The smallest absolute Gasteiger partial charge is 0.236 e. The van der Waals surface area contributed by atoms with E-state index < -0.39 is 10.0 Å². The number of rotatable bonds is 10. The van der Waals surface area contributed by atoms with E-state index in [4.69, 9.17) is 0 Å². The number of hydrogen-bond donors (Lipinski definition) is 1. The molecule has 0 aliphatic carbocycles. The second-order valence-corrected chi connectivity index (χ2v) is 9.04. The van der Waals surface area contributed by atoms with E-state index in [1.165, 1.54) is 31.0 Å². The first kappa shape index (κ1) is 22.1. The van der Waals surface area contributed by atoms with Crippen LogP contribution in [0.15, 0.2) is 60.0 Å². The lowest BCUT2D eigenvalue weighted by Crippen LogP contribution is -2.38. The third-order valence-corrected chi connectivity index (χ3v) is 6.30. The Morgan fingerprint density at radius 3 is 2.54 bits per heavy atom. The van der Waals surface area contributed by atoms with Gasteiger partial charge in [-0.3, -0.25) is 4.79 Å². The fraction of sp³-hybridized carbons (Fsp3) is 0.250. The highest BCUT2D eigenvalue weighted by molar-refractivity contribution is 7.98. The molecule has 8 heteroatoms. The molecule has 2 aromatic rings. The first-order valence-corrected chi connectivity index (χ1v) is 11.3. The number of nitrogens with one attached hydrogen (secondary N) is 1. The Balaban J connectivity index is 1.71. The van der Waals surface area contributed by atoms with E-state index in [0.29, 0.717) is 23.6 Å². The van der Waals surface area contributed by atoms with E-state index in [1.54, 1.807) is 30.3 Å². The van der Waals surface area contributed by atoms with Gasteiger partial charge in [0.25, 0.3) is 0 Å². The molecule has 0 aliphatic heterocycles. The van der Waals surface area contributed by atoms with Crippen molar-refractivity contribution in [2.45, 2.75) is 5.75 Å². The number of amides is 1. The number of benzene rings is 2. The molecule has 0 fully saturated rings. The van der Waals surface area contributed by atoms with E-state index in [2.05, 4.69) is 5.32 Å². The van der Waals surface area contributed by atoms with E-state index in [1.807, 2.05) is 18.2 Å². The standard InChI is InChI=1S/C20H23FN2O3S2/c1-23(28(25,26)14-11-17-7-3-2-4-8-17)15-20(24)22-12-13-27-16-18-9-5-6-10-19(18)21/h2-11,14H,12-13,15-16H2,1H3,(H,22,24)/b14-11+. The number of sulfonamides is 1. The van der Waals surface area contributed by atoms with Gasteiger partial charge in [0.1, 0.15) is 5.82 Å². The molecular weight excluding hydrogens is 399 g/mol. The molecule has 2 aromatic carbocycles. The van der Waals surface area contributed by atoms with Crippen molar-refractivity contribution in [3.8, 4) is 0 Å². The molecule has 1 amide bonds. The third-order valence-electron chi connectivity index (χ3n) is 3.82. The van der Waals surface area contributed by atoms with Gasteiger partial charge in [0.05, 0.1) is 6.54 Å². The lowest BCUT2D eigenvalue weighted by atomic mass is 10.2. The highest BCUT2D eigenvalue weighted by Crippen LogP contribution is 2.14. The van der Waals surface area contributed by atoms with E-state index >= 15 is 0 Å². The van der Waals surface area contributed by atoms with Crippen molar-refractivity contribution in [3.05, 3.63) is 76.9 Å². The van der Waals surface area contributed by atoms with Crippen molar-refractivity contribution in [1.82, 2.24) is 9.62 Å². The number of likely N-dealkylation sites (N-methyl/N-ethyl adjacent to an activating group) is 1. The Morgan fingerprint density at radius 1 is 1.14 bits per heavy atom. The van der Waals surface area contributed by atoms with Crippen LogP contribution in [0.25, 0.3) is 6.08 Å². The SMILES string of the molecule is CN(CC(=O)NCCSCc1ccccc1F)S(=O)(=O)/C=C/c1ccccc1. The minimum atomic E-state index is -3.68. The Morgan fingerprint density at radius 2 is 1.82 bits per heavy atom. The summed E-state index contributed by atoms with van der Waals surface area (Å²) in [5.74, 6) is 0.492. The molecule has 0 radical (unpaired) electrons. The molecule has 28 heavy (non-hydrogen) atoms. The largest absolute Gasteiger partial charge is 0.354 e. The van der Waals surface area contributed by atoms with Gasteiger partial charge >= 0.3 is 0 Å². The van der Waals surface area contributed by atoms with Crippen LogP contribution in [0.4, 0.5) is 4.39 Å². The molecule has 1 N–H and O–H groups in total. The molecule has 0 unspecified atom stereocenters. The maximum absolute atomic E-state index is 13.5. The fourth-order valence-electron chi connectivity index (χ4n) is 2.24. The minimum Gasteiger partial charge on any atom is -0.354 e. The molecule has 0 saturated heterocycles. The van der Waals surface area contributed by atoms with Gasteiger partial charge in [-0.2, -0.15) is 16.1 Å². The summed E-state index contributed by atoms with van der Waals surface area (Å²) in [6, 6.07) is 15.6. The van der Waals surface area contributed by atoms with Crippen LogP contribution < -0.4 is 5.32 Å². The fourth-order valence-corrected chi connectivity index (χ4v) is 3.92. The summed E-state index contributed by atoms with van der Waals surface area (Å²) in [6.07, 6.45) is 1.49. The summed E-state index contributed by atoms with van der Waals surface area (Å²) in [7, 11) is -2.33. The number of thioether (sulfide) groups is 1. The van der Waals surface area contributed by atoms with Gasteiger partial charge in [-0.25, -0.2) is 12.8 Å². The quantitative estimate of drug-likeness (QED) is 0.598. The van der Waals surface area contributed by atoms with Crippen LogP contribution >= 0.6 is 11.8 Å². The van der Waals surface area contributed by atoms with Crippen LogP contribution in [0.2, 0.25) is 0 Å². The van der Waals surface area contributed by atoms with Crippen molar-refractivity contribution >= 4 is 33.8 Å². The normalized spacial score (nSPS) is 11.8. The molecule has 150 valence electrons. The average molecular weight is 423 g/mol. The molecule has 2 rings (SSSR count). The molecule has 0 aliphatic rings. The zero-order chi connectivity index (χ0) is 20.4. The monoisotopic (exact) mass is 422 g/mol. The second-order valence-electron chi connectivity index (χ2n) is 6.01. The molecule has 0 saturated carbocycles. The Bertz CT molecular complexity index is 903. The van der Waals surface area contributed by atoms with Crippen LogP contribution in [-0.4, -0.2) is 44.5 Å². The van der Waals surface area contributed by atoms with Gasteiger partial charge in [-0.1, -0.05) is 48.5 Å². The van der Waals surface area contributed by atoms with Crippen molar-refractivity contribution in [2.75, 3.05) is 25.9 Å². The van der Waals surface area contributed by atoms with Gasteiger partial charge in [0.2, 0.25) is 15.9 Å². The Labute approximate surface area is 169 Å². The van der Waals surface area contributed by atoms with Crippen LogP contribution in [0.1, 0.15) is 11.1 Å². The second kappa shape index (κ2) is 11.0. The van der Waals surface area contributed by atoms with Crippen LogP contribution in [0, 0.1) is 5.82 Å². The lowest BCUT2D eigenvalue weighted by molar-refractivity contribution is -0.120. The number of halogens is 1.